The van der Waals surface area contributed by atoms with Crippen LogP contribution in [0.2, 0.25) is 5.02 Å². The number of hydrogen-bond acceptors (Lipinski definition) is 6. The number of hydrogen-bond donors (Lipinski definition) is 2. The highest BCUT2D eigenvalue weighted by Gasteiger charge is 2.27. The van der Waals surface area contributed by atoms with Gasteiger partial charge < -0.3 is 5.32 Å². The van der Waals surface area contributed by atoms with Crippen molar-refractivity contribution in [2.24, 2.45) is 0 Å². The number of halogens is 1. The molecule has 2 N–H and O–H groups in total. The van der Waals surface area contributed by atoms with Gasteiger partial charge in [0.15, 0.2) is 5.16 Å². The molecule has 1 heterocycles. The van der Waals surface area contributed by atoms with Crippen LogP contribution in [0.4, 0.5) is 0 Å². The Hall–Kier alpha value is -2.40. The number of carbonyl (C=O) groups is 1. The van der Waals surface area contributed by atoms with Crippen LogP contribution < -0.4 is 5.32 Å². The maximum absolute atomic E-state index is 13.2. The van der Waals surface area contributed by atoms with E-state index in [4.69, 9.17) is 11.6 Å². The van der Waals surface area contributed by atoms with Gasteiger partial charge >= 0.3 is 0 Å². The summed E-state index contributed by atoms with van der Waals surface area (Å²) in [6.07, 6.45) is 1.41. The number of H-pyrrole nitrogens is 1. The minimum absolute atomic E-state index is 0.0248. The van der Waals surface area contributed by atoms with Gasteiger partial charge in [0.2, 0.25) is 15.9 Å². The van der Waals surface area contributed by atoms with Crippen LogP contribution in [0.5, 0.6) is 0 Å². The van der Waals surface area contributed by atoms with Gasteiger partial charge in [-0.2, -0.15) is 9.40 Å². The first kappa shape index (κ1) is 23.3. The summed E-state index contributed by atoms with van der Waals surface area (Å²) >= 11 is 7.45. The Balaban J connectivity index is 1.70. The number of aromatic nitrogens is 3. The van der Waals surface area contributed by atoms with Crippen molar-refractivity contribution in [1.82, 2.24) is 24.8 Å². The fourth-order valence-electron chi connectivity index (χ4n) is 2.74. The van der Waals surface area contributed by atoms with E-state index in [1.54, 1.807) is 48.5 Å². The molecule has 1 amide bonds. The zero-order chi connectivity index (χ0) is 22.3. The molecule has 11 heteroatoms. The van der Waals surface area contributed by atoms with Crippen LogP contribution in [-0.2, 0) is 21.4 Å². The molecule has 0 saturated carbocycles. The van der Waals surface area contributed by atoms with E-state index in [9.17, 15) is 13.2 Å². The number of aryl methyl sites for hydroxylation is 1. The highest BCUT2D eigenvalue weighted by Crippen LogP contribution is 2.20. The number of rotatable bonds is 10. The lowest BCUT2D eigenvalue weighted by atomic mass is 10.2. The lowest BCUT2D eigenvalue weighted by Crippen LogP contribution is -2.40. The van der Waals surface area contributed by atoms with E-state index in [1.807, 2.05) is 6.92 Å². The topological polar surface area (TPSA) is 108 Å². The summed E-state index contributed by atoms with van der Waals surface area (Å²) in [6.45, 7) is 1.96. The number of aromatic amines is 1. The molecule has 164 valence electrons. The van der Waals surface area contributed by atoms with Gasteiger partial charge in [0.25, 0.3) is 0 Å². The first-order chi connectivity index (χ1) is 14.8. The minimum Gasteiger partial charge on any atom is -0.354 e. The normalized spacial score (nSPS) is 11.6. The lowest BCUT2D eigenvalue weighted by molar-refractivity contribution is -0.121. The van der Waals surface area contributed by atoms with Crippen molar-refractivity contribution in [2.45, 2.75) is 23.5 Å². The third kappa shape index (κ3) is 6.79. The van der Waals surface area contributed by atoms with E-state index in [0.29, 0.717) is 28.0 Å². The van der Waals surface area contributed by atoms with Crippen molar-refractivity contribution in [3.63, 3.8) is 0 Å². The van der Waals surface area contributed by atoms with Crippen LogP contribution in [0.3, 0.4) is 0 Å². The Kier molecular flexibility index (Phi) is 8.08. The molecule has 8 nitrogen and oxygen atoms in total. The second kappa shape index (κ2) is 10.8. The SMILES string of the molecule is Cc1ccc(S(=O)(=O)N(CC(=O)NCCSc2ncn[nH]2)Cc2cccc(Cl)c2)cc1. The molecule has 0 atom stereocenters. The minimum atomic E-state index is -3.89. The van der Waals surface area contributed by atoms with E-state index in [-0.39, 0.29) is 18.0 Å². The number of thioether (sulfide) groups is 1. The summed E-state index contributed by atoms with van der Waals surface area (Å²) in [5.74, 6) is 0.177. The first-order valence-electron chi connectivity index (χ1n) is 9.41. The van der Waals surface area contributed by atoms with Crippen molar-refractivity contribution in [1.29, 1.82) is 0 Å². The number of nitrogens with zero attached hydrogens (tertiary/aromatic N) is 3. The standard InChI is InChI=1S/C20H22ClN5O3S2/c1-15-5-7-18(8-6-15)31(28,29)26(12-16-3-2-4-17(21)11-16)13-19(27)22-9-10-30-20-23-14-24-25-20/h2-8,11,14H,9-10,12-13H2,1H3,(H,22,27)(H,23,24,25). The highest BCUT2D eigenvalue weighted by atomic mass is 35.5. The molecule has 0 aliphatic rings. The Morgan fingerprint density at radius 2 is 2.00 bits per heavy atom. The molecular formula is C20H22ClN5O3S2. The van der Waals surface area contributed by atoms with Crippen molar-refractivity contribution in [2.75, 3.05) is 18.8 Å². The van der Waals surface area contributed by atoms with E-state index in [0.717, 1.165) is 9.87 Å². The van der Waals surface area contributed by atoms with Gasteiger partial charge in [0.1, 0.15) is 6.33 Å². The average Bonchev–Trinajstić information content (AvgIpc) is 3.25. The smallest absolute Gasteiger partial charge is 0.243 e. The average molecular weight is 480 g/mol. The van der Waals surface area contributed by atoms with Gasteiger partial charge in [-0.25, -0.2) is 13.4 Å². The van der Waals surface area contributed by atoms with Gasteiger partial charge in [-0.1, -0.05) is 53.2 Å². The summed E-state index contributed by atoms with van der Waals surface area (Å²) in [6, 6.07) is 13.5. The van der Waals surface area contributed by atoms with E-state index >= 15 is 0 Å². The largest absolute Gasteiger partial charge is 0.354 e. The molecule has 0 unspecified atom stereocenters. The third-order valence-corrected chi connectivity index (χ3v) is 7.20. The number of benzene rings is 2. The zero-order valence-corrected chi connectivity index (χ0v) is 19.2. The van der Waals surface area contributed by atoms with E-state index in [1.165, 1.54) is 18.1 Å². The molecule has 0 spiro atoms. The van der Waals surface area contributed by atoms with Crippen LogP contribution in [0.25, 0.3) is 0 Å². The number of amides is 1. The fourth-order valence-corrected chi connectivity index (χ4v) is 4.98. The van der Waals surface area contributed by atoms with Crippen LogP contribution >= 0.6 is 23.4 Å². The molecule has 3 rings (SSSR count). The maximum Gasteiger partial charge on any atom is 0.243 e. The summed E-state index contributed by atoms with van der Waals surface area (Å²) < 4.78 is 27.6. The van der Waals surface area contributed by atoms with Crippen molar-refractivity contribution >= 4 is 39.3 Å². The zero-order valence-electron chi connectivity index (χ0n) is 16.8. The van der Waals surface area contributed by atoms with Gasteiger partial charge in [-0.15, -0.1) is 0 Å². The Bertz CT molecular complexity index is 1110. The predicted octanol–water partition coefficient (Wildman–Crippen LogP) is 2.87. The van der Waals surface area contributed by atoms with Crippen LogP contribution in [-0.4, -0.2) is 52.7 Å². The predicted molar refractivity (Wildman–Crippen MR) is 120 cm³/mol. The number of carbonyl (C=O) groups excluding carboxylic acids is 1. The molecule has 1 aromatic heterocycles. The van der Waals surface area contributed by atoms with Crippen LogP contribution in [0.1, 0.15) is 11.1 Å². The van der Waals surface area contributed by atoms with Crippen LogP contribution in [0.15, 0.2) is 64.9 Å². The van der Waals surface area contributed by atoms with Gasteiger partial charge in [-0.05, 0) is 36.8 Å². The van der Waals surface area contributed by atoms with E-state index in [2.05, 4.69) is 20.5 Å². The molecular weight excluding hydrogens is 458 g/mol. The highest BCUT2D eigenvalue weighted by molar-refractivity contribution is 7.99. The second-order valence-electron chi connectivity index (χ2n) is 6.71. The Morgan fingerprint density at radius 3 is 2.68 bits per heavy atom. The number of nitrogens with one attached hydrogen (secondary N) is 2. The van der Waals surface area contributed by atoms with Crippen molar-refractivity contribution < 1.29 is 13.2 Å². The third-order valence-electron chi connectivity index (χ3n) is 4.28. The van der Waals surface area contributed by atoms with Gasteiger partial charge in [0, 0.05) is 23.9 Å². The Morgan fingerprint density at radius 1 is 1.23 bits per heavy atom. The molecule has 3 aromatic rings. The molecule has 0 fully saturated rings. The summed E-state index contributed by atoms with van der Waals surface area (Å²) in [5.41, 5.74) is 1.64. The summed E-state index contributed by atoms with van der Waals surface area (Å²) in [7, 11) is -3.89. The molecule has 0 radical (unpaired) electrons. The summed E-state index contributed by atoms with van der Waals surface area (Å²) in [4.78, 5) is 16.6. The quantitative estimate of drug-likeness (QED) is 0.342. The second-order valence-corrected chi connectivity index (χ2v) is 10.2. The lowest BCUT2D eigenvalue weighted by Gasteiger charge is -2.22. The fraction of sp³-hybridized carbons (Fsp3) is 0.250. The summed E-state index contributed by atoms with van der Waals surface area (Å²) in [5, 5.41) is 10.4. The van der Waals surface area contributed by atoms with Gasteiger partial charge in [0.05, 0.1) is 11.4 Å². The molecule has 0 aliphatic heterocycles. The van der Waals surface area contributed by atoms with Gasteiger partial charge in [-0.3, -0.25) is 9.89 Å². The molecule has 0 saturated heterocycles. The Labute approximate surface area is 190 Å². The van der Waals surface area contributed by atoms with Crippen molar-refractivity contribution in [3.05, 3.63) is 71.0 Å². The van der Waals surface area contributed by atoms with E-state index < -0.39 is 15.9 Å². The first-order valence-corrected chi connectivity index (χ1v) is 12.2. The van der Waals surface area contributed by atoms with Crippen molar-refractivity contribution in [3.8, 4) is 0 Å². The van der Waals surface area contributed by atoms with Crippen LogP contribution in [0, 0.1) is 6.92 Å². The monoisotopic (exact) mass is 479 g/mol. The molecule has 0 aliphatic carbocycles. The molecule has 2 aromatic carbocycles. The maximum atomic E-state index is 13.2. The molecule has 0 bridgehead atoms. The molecule has 31 heavy (non-hydrogen) atoms. The number of sulfonamides is 1.